The molecule has 0 aliphatic carbocycles. The third-order valence-corrected chi connectivity index (χ3v) is 2.91. The number of ether oxygens (including phenoxy) is 1. The van der Waals surface area contributed by atoms with Crippen molar-refractivity contribution in [1.82, 2.24) is 15.5 Å². The van der Waals surface area contributed by atoms with Gasteiger partial charge in [-0.05, 0) is 12.1 Å². The van der Waals surface area contributed by atoms with Crippen LogP contribution in [0.5, 0.6) is 0 Å². The highest BCUT2D eigenvalue weighted by atomic mass is 16.5. The minimum Gasteiger partial charge on any atom is -0.467 e. The Kier molecular flexibility index (Phi) is 2.85. The van der Waals surface area contributed by atoms with Crippen molar-refractivity contribution in [2.24, 2.45) is 0 Å². The zero-order valence-electron chi connectivity index (χ0n) is 9.73. The average Bonchev–Trinajstić information content (AvgIpc) is 3.05. The van der Waals surface area contributed by atoms with Crippen LogP contribution in [0.25, 0.3) is 0 Å². The van der Waals surface area contributed by atoms with Gasteiger partial charge in [-0.2, -0.15) is 5.10 Å². The number of furan rings is 1. The highest BCUT2D eigenvalue weighted by Crippen LogP contribution is 2.17. The molecule has 0 bridgehead atoms. The van der Waals surface area contributed by atoms with Crippen LogP contribution in [0.2, 0.25) is 0 Å². The van der Waals surface area contributed by atoms with E-state index in [1.54, 1.807) is 12.3 Å². The highest BCUT2D eigenvalue weighted by molar-refractivity contribution is 5.93. The monoisotopic (exact) mass is 247 g/mol. The van der Waals surface area contributed by atoms with Gasteiger partial charge in [0.1, 0.15) is 5.76 Å². The molecule has 1 aliphatic heterocycles. The van der Waals surface area contributed by atoms with Gasteiger partial charge in [-0.15, -0.1) is 0 Å². The first-order valence-corrected chi connectivity index (χ1v) is 5.79. The van der Waals surface area contributed by atoms with Crippen LogP contribution < -0.4 is 5.32 Å². The van der Waals surface area contributed by atoms with Gasteiger partial charge in [0, 0.05) is 17.7 Å². The number of hydrogen-bond acceptors (Lipinski definition) is 4. The summed E-state index contributed by atoms with van der Waals surface area (Å²) in [7, 11) is 0. The van der Waals surface area contributed by atoms with Gasteiger partial charge < -0.3 is 14.5 Å². The molecule has 0 unspecified atom stereocenters. The summed E-state index contributed by atoms with van der Waals surface area (Å²) in [5.74, 6) is 0.499. The zero-order chi connectivity index (χ0) is 12.4. The number of aromatic nitrogens is 2. The van der Waals surface area contributed by atoms with E-state index in [4.69, 9.17) is 9.15 Å². The third-order valence-electron chi connectivity index (χ3n) is 2.91. The molecule has 6 heteroatoms. The summed E-state index contributed by atoms with van der Waals surface area (Å²) in [5, 5.41) is 9.70. The SMILES string of the molecule is O=C(NCc1ccco1)c1n[nH]c2c1COCC2. The van der Waals surface area contributed by atoms with Gasteiger partial charge in [0.25, 0.3) is 5.91 Å². The quantitative estimate of drug-likeness (QED) is 0.848. The van der Waals surface area contributed by atoms with Crippen molar-refractivity contribution in [3.8, 4) is 0 Å². The Morgan fingerprint density at radius 1 is 1.56 bits per heavy atom. The maximum Gasteiger partial charge on any atom is 0.272 e. The Balaban J connectivity index is 1.70. The minimum atomic E-state index is -0.214. The molecule has 3 heterocycles. The molecule has 3 rings (SSSR count). The van der Waals surface area contributed by atoms with Gasteiger partial charge in [0.15, 0.2) is 5.69 Å². The Bertz CT molecular complexity index is 545. The summed E-state index contributed by atoms with van der Waals surface area (Å²) in [6.07, 6.45) is 2.35. The van der Waals surface area contributed by atoms with Crippen molar-refractivity contribution in [1.29, 1.82) is 0 Å². The number of aromatic amines is 1. The lowest BCUT2D eigenvalue weighted by Crippen LogP contribution is -2.24. The molecule has 0 spiro atoms. The van der Waals surface area contributed by atoms with Gasteiger partial charge >= 0.3 is 0 Å². The Morgan fingerprint density at radius 2 is 2.50 bits per heavy atom. The van der Waals surface area contributed by atoms with E-state index in [-0.39, 0.29) is 5.91 Å². The molecule has 6 nitrogen and oxygen atoms in total. The van der Waals surface area contributed by atoms with Crippen molar-refractivity contribution < 1.29 is 13.9 Å². The second-order valence-electron chi connectivity index (χ2n) is 4.09. The number of fused-ring (bicyclic) bond motifs is 1. The van der Waals surface area contributed by atoms with E-state index in [0.29, 0.717) is 31.2 Å². The Hall–Kier alpha value is -2.08. The second-order valence-corrected chi connectivity index (χ2v) is 4.09. The fraction of sp³-hybridized carbons (Fsp3) is 0.333. The van der Waals surface area contributed by atoms with Crippen molar-refractivity contribution >= 4 is 5.91 Å². The fourth-order valence-electron chi connectivity index (χ4n) is 1.96. The van der Waals surface area contributed by atoms with Gasteiger partial charge in [0.05, 0.1) is 26.0 Å². The molecular formula is C12H13N3O3. The number of carbonyl (C=O) groups excluding carboxylic acids is 1. The lowest BCUT2D eigenvalue weighted by atomic mass is 10.1. The number of nitrogens with one attached hydrogen (secondary N) is 2. The van der Waals surface area contributed by atoms with Crippen molar-refractivity contribution in [3.05, 3.63) is 41.1 Å². The second kappa shape index (κ2) is 4.66. The van der Waals surface area contributed by atoms with Crippen LogP contribution in [0.15, 0.2) is 22.8 Å². The molecule has 0 saturated heterocycles. The van der Waals surface area contributed by atoms with Crippen LogP contribution in [0, 0.1) is 0 Å². The van der Waals surface area contributed by atoms with Gasteiger partial charge in [-0.1, -0.05) is 0 Å². The van der Waals surface area contributed by atoms with E-state index in [1.165, 1.54) is 0 Å². The van der Waals surface area contributed by atoms with Gasteiger partial charge in [0.2, 0.25) is 0 Å². The van der Waals surface area contributed by atoms with E-state index >= 15 is 0 Å². The van der Waals surface area contributed by atoms with Crippen LogP contribution >= 0.6 is 0 Å². The molecule has 1 aliphatic rings. The van der Waals surface area contributed by atoms with Gasteiger partial charge in [-0.3, -0.25) is 9.89 Å². The average molecular weight is 247 g/mol. The summed E-state index contributed by atoms with van der Waals surface area (Å²) < 4.78 is 10.5. The zero-order valence-corrected chi connectivity index (χ0v) is 9.73. The summed E-state index contributed by atoms with van der Waals surface area (Å²) >= 11 is 0. The molecule has 94 valence electrons. The van der Waals surface area contributed by atoms with E-state index in [1.807, 2.05) is 6.07 Å². The van der Waals surface area contributed by atoms with Crippen LogP contribution in [-0.2, 0) is 24.3 Å². The predicted molar refractivity (Wildman–Crippen MR) is 61.8 cm³/mol. The molecule has 2 N–H and O–H groups in total. The maximum atomic E-state index is 12.0. The van der Waals surface area contributed by atoms with Crippen LogP contribution in [0.1, 0.15) is 27.5 Å². The van der Waals surface area contributed by atoms with Crippen molar-refractivity contribution in [2.45, 2.75) is 19.6 Å². The van der Waals surface area contributed by atoms with E-state index in [0.717, 1.165) is 17.7 Å². The minimum absolute atomic E-state index is 0.214. The summed E-state index contributed by atoms with van der Waals surface area (Å²) in [4.78, 5) is 12.0. The Labute approximate surface area is 103 Å². The van der Waals surface area contributed by atoms with Crippen LogP contribution in [0.4, 0.5) is 0 Å². The Morgan fingerprint density at radius 3 is 3.33 bits per heavy atom. The molecule has 0 saturated carbocycles. The maximum absolute atomic E-state index is 12.0. The van der Waals surface area contributed by atoms with Gasteiger partial charge in [-0.25, -0.2) is 0 Å². The fourth-order valence-corrected chi connectivity index (χ4v) is 1.96. The normalized spacial score (nSPS) is 14.2. The van der Waals surface area contributed by atoms with E-state index in [2.05, 4.69) is 15.5 Å². The lowest BCUT2D eigenvalue weighted by molar-refractivity contribution is 0.0920. The molecule has 0 atom stereocenters. The number of rotatable bonds is 3. The van der Waals surface area contributed by atoms with Crippen molar-refractivity contribution in [2.75, 3.05) is 6.61 Å². The largest absolute Gasteiger partial charge is 0.467 e. The van der Waals surface area contributed by atoms with E-state index < -0.39 is 0 Å². The molecule has 2 aromatic heterocycles. The number of nitrogens with zero attached hydrogens (tertiary/aromatic N) is 1. The summed E-state index contributed by atoms with van der Waals surface area (Å²) in [6.45, 7) is 1.46. The predicted octanol–water partition coefficient (Wildman–Crippen LogP) is 1.01. The van der Waals surface area contributed by atoms with Crippen LogP contribution in [-0.4, -0.2) is 22.7 Å². The number of amides is 1. The molecule has 18 heavy (non-hydrogen) atoms. The molecular weight excluding hydrogens is 234 g/mol. The first-order valence-electron chi connectivity index (χ1n) is 5.79. The van der Waals surface area contributed by atoms with E-state index in [9.17, 15) is 4.79 Å². The topological polar surface area (TPSA) is 80.2 Å². The number of carbonyl (C=O) groups is 1. The standard InChI is InChI=1S/C12H13N3O3/c16-12(13-6-8-2-1-4-18-8)11-9-7-17-5-3-10(9)14-15-11/h1-2,4H,3,5-7H2,(H,13,16)(H,14,15). The molecule has 1 amide bonds. The summed E-state index contributed by atoms with van der Waals surface area (Å²) in [6, 6.07) is 3.59. The molecule has 0 aromatic carbocycles. The first kappa shape index (κ1) is 11.0. The first-order chi connectivity index (χ1) is 8.84. The molecule has 0 radical (unpaired) electrons. The lowest BCUT2D eigenvalue weighted by Gasteiger charge is -2.12. The summed E-state index contributed by atoms with van der Waals surface area (Å²) in [5.41, 5.74) is 2.26. The molecule has 2 aromatic rings. The number of H-pyrrole nitrogens is 1. The number of hydrogen-bond donors (Lipinski definition) is 2. The van der Waals surface area contributed by atoms with Crippen molar-refractivity contribution in [3.63, 3.8) is 0 Å². The smallest absolute Gasteiger partial charge is 0.272 e. The third kappa shape index (κ3) is 2.02. The molecule has 0 fully saturated rings. The highest BCUT2D eigenvalue weighted by Gasteiger charge is 2.21. The van der Waals surface area contributed by atoms with Crippen LogP contribution in [0.3, 0.4) is 0 Å².